The van der Waals surface area contributed by atoms with E-state index in [-0.39, 0.29) is 23.4 Å². The van der Waals surface area contributed by atoms with Crippen molar-refractivity contribution < 1.29 is 22.1 Å². The van der Waals surface area contributed by atoms with Gasteiger partial charge in [0.25, 0.3) is 10.1 Å². The molecule has 0 radical (unpaired) electrons. The highest BCUT2D eigenvalue weighted by atomic mass is 35.5. The van der Waals surface area contributed by atoms with Crippen molar-refractivity contribution in [3.63, 3.8) is 0 Å². The minimum absolute atomic E-state index is 0.00732. The van der Waals surface area contributed by atoms with Crippen molar-refractivity contribution >= 4 is 21.7 Å². The van der Waals surface area contributed by atoms with Crippen LogP contribution in [0.1, 0.15) is 11.1 Å². The minimum atomic E-state index is -3.84. The second kappa shape index (κ2) is 7.74. The minimum Gasteiger partial charge on any atom is -0.464 e. The van der Waals surface area contributed by atoms with E-state index in [0.29, 0.717) is 11.3 Å². The van der Waals surface area contributed by atoms with Crippen LogP contribution in [0.15, 0.2) is 41.4 Å². The first-order valence-corrected chi connectivity index (χ1v) is 8.43. The van der Waals surface area contributed by atoms with Crippen molar-refractivity contribution in [2.75, 3.05) is 13.9 Å². The molecule has 0 atom stereocenters. The molecule has 8 heteroatoms. The molecule has 1 heterocycles. The highest BCUT2D eigenvalue weighted by Gasteiger charge is 2.15. The fourth-order valence-electron chi connectivity index (χ4n) is 1.69. The van der Waals surface area contributed by atoms with Crippen LogP contribution in [-0.2, 0) is 25.6 Å². The average Bonchev–Trinajstić information content (AvgIpc) is 2.53. The Balaban J connectivity index is 2.09. The highest BCUT2D eigenvalue weighted by Crippen LogP contribution is 2.24. The lowest BCUT2D eigenvalue weighted by Crippen LogP contribution is -2.07. The molecule has 0 saturated carbocycles. The van der Waals surface area contributed by atoms with E-state index >= 15 is 0 Å². The largest absolute Gasteiger partial charge is 0.464 e. The van der Waals surface area contributed by atoms with E-state index in [4.69, 9.17) is 25.3 Å². The number of hydrogen-bond acceptors (Lipinski definition) is 6. The standard InChI is InChI=1S/C15H16ClNO5S/c1-11-3-5-13(6-4-11)23(18,19)22-9-12-7-14(21-10-20-2)15(16)17-8-12/h3-8H,9-10H2,1-2H3. The molecule has 0 aliphatic heterocycles. The lowest BCUT2D eigenvalue weighted by molar-refractivity contribution is 0.0508. The first kappa shape index (κ1) is 17.7. The normalized spacial score (nSPS) is 11.4. The summed E-state index contributed by atoms with van der Waals surface area (Å²) in [5.74, 6) is 0.294. The zero-order valence-corrected chi connectivity index (χ0v) is 14.2. The molecule has 0 bridgehead atoms. The second-order valence-corrected chi connectivity index (χ2v) is 6.69. The Morgan fingerprint density at radius 3 is 2.57 bits per heavy atom. The molecular weight excluding hydrogens is 342 g/mol. The summed E-state index contributed by atoms with van der Waals surface area (Å²) >= 11 is 5.88. The highest BCUT2D eigenvalue weighted by molar-refractivity contribution is 7.86. The predicted molar refractivity (Wildman–Crippen MR) is 84.9 cm³/mol. The number of benzene rings is 1. The second-order valence-electron chi connectivity index (χ2n) is 4.71. The summed E-state index contributed by atoms with van der Waals surface area (Å²) in [7, 11) is -2.37. The van der Waals surface area contributed by atoms with Gasteiger partial charge in [0.15, 0.2) is 17.7 Å². The van der Waals surface area contributed by atoms with Crippen molar-refractivity contribution in [2.24, 2.45) is 0 Å². The Bertz CT molecular complexity index is 762. The van der Waals surface area contributed by atoms with Crippen LogP contribution in [-0.4, -0.2) is 27.3 Å². The van der Waals surface area contributed by atoms with E-state index in [0.717, 1.165) is 5.56 Å². The maximum atomic E-state index is 12.1. The molecule has 124 valence electrons. The van der Waals surface area contributed by atoms with Crippen LogP contribution in [0.5, 0.6) is 5.75 Å². The van der Waals surface area contributed by atoms with E-state index < -0.39 is 10.1 Å². The van der Waals surface area contributed by atoms with Gasteiger partial charge in [-0.1, -0.05) is 29.3 Å². The molecule has 1 aromatic heterocycles. The van der Waals surface area contributed by atoms with Crippen molar-refractivity contribution in [3.8, 4) is 5.75 Å². The lowest BCUT2D eigenvalue weighted by Gasteiger charge is -2.09. The van der Waals surface area contributed by atoms with E-state index in [9.17, 15) is 8.42 Å². The number of ether oxygens (including phenoxy) is 2. The van der Waals surface area contributed by atoms with Crippen molar-refractivity contribution in [3.05, 3.63) is 52.8 Å². The molecule has 2 aromatic rings. The summed E-state index contributed by atoms with van der Waals surface area (Å²) in [5, 5.41) is 0.159. The molecule has 0 fully saturated rings. The van der Waals surface area contributed by atoms with Gasteiger partial charge in [-0.25, -0.2) is 4.98 Å². The molecule has 6 nitrogen and oxygen atoms in total. The smallest absolute Gasteiger partial charge is 0.297 e. The molecule has 0 spiro atoms. The Morgan fingerprint density at radius 2 is 1.91 bits per heavy atom. The zero-order chi connectivity index (χ0) is 16.9. The third kappa shape index (κ3) is 4.90. The third-order valence-corrected chi connectivity index (χ3v) is 4.45. The quantitative estimate of drug-likeness (QED) is 0.431. The van der Waals surface area contributed by atoms with E-state index in [2.05, 4.69) is 4.98 Å². The monoisotopic (exact) mass is 357 g/mol. The van der Waals surface area contributed by atoms with Crippen LogP contribution in [0.2, 0.25) is 5.15 Å². The number of halogens is 1. The number of hydrogen-bond donors (Lipinski definition) is 0. The molecule has 0 aliphatic rings. The molecule has 0 aliphatic carbocycles. The maximum Gasteiger partial charge on any atom is 0.297 e. The SMILES string of the molecule is COCOc1cc(COS(=O)(=O)c2ccc(C)cc2)cnc1Cl. The van der Waals surface area contributed by atoms with Crippen molar-refractivity contribution in [2.45, 2.75) is 18.4 Å². The summed E-state index contributed by atoms with van der Waals surface area (Å²) in [4.78, 5) is 4.03. The maximum absolute atomic E-state index is 12.1. The molecule has 23 heavy (non-hydrogen) atoms. The van der Waals surface area contributed by atoms with Crippen LogP contribution < -0.4 is 4.74 Å². The van der Waals surface area contributed by atoms with Gasteiger partial charge >= 0.3 is 0 Å². The summed E-state index contributed by atoms with van der Waals surface area (Å²) in [6, 6.07) is 7.96. The molecule has 1 aromatic carbocycles. The first-order valence-electron chi connectivity index (χ1n) is 6.64. The zero-order valence-electron chi connectivity index (χ0n) is 12.7. The molecular formula is C15H16ClNO5S. The number of rotatable bonds is 7. The van der Waals surface area contributed by atoms with Gasteiger partial charge in [0, 0.05) is 18.9 Å². The topological polar surface area (TPSA) is 74.7 Å². The van der Waals surface area contributed by atoms with Crippen LogP contribution in [0.4, 0.5) is 0 Å². The summed E-state index contributed by atoms with van der Waals surface area (Å²) in [6.45, 7) is 1.70. The number of aryl methyl sites for hydroxylation is 1. The first-order chi connectivity index (χ1) is 10.9. The van der Waals surface area contributed by atoms with Gasteiger partial charge in [0.2, 0.25) is 0 Å². The summed E-state index contributed by atoms with van der Waals surface area (Å²) < 4.78 is 39.3. The number of methoxy groups -OCH3 is 1. The van der Waals surface area contributed by atoms with Gasteiger partial charge in [-0.15, -0.1) is 0 Å². The number of aromatic nitrogens is 1. The number of pyridine rings is 1. The van der Waals surface area contributed by atoms with E-state index in [1.165, 1.54) is 25.4 Å². The van der Waals surface area contributed by atoms with Crippen molar-refractivity contribution in [1.29, 1.82) is 0 Å². The Morgan fingerprint density at radius 1 is 1.22 bits per heavy atom. The Hall–Kier alpha value is -1.67. The molecule has 0 amide bonds. The summed E-state index contributed by atoms with van der Waals surface area (Å²) in [6.07, 6.45) is 1.42. The molecule has 0 N–H and O–H groups in total. The Labute approximate surface area is 140 Å². The van der Waals surface area contributed by atoms with Crippen LogP contribution in [0.25, 0.3) is 0 Å². The fraction of sp³-hybridized carbons (Fsp3) is 0.267. The average molecular weight is 358 g/mol. The molecule has 2 rings (SSSR count). The van der Waals surface area contributed by atoms with E-state index in [1.54, 1.807) is 18.2 Å². The predicted octanol–water partition coefficient (Wildman–Crippen LogP) is 2.93. The van der Waals surface area contributed by atoms with Crippen molar-refractivity contribution in [1.82, 2.24) is 4.98 Å². The Kier molecular flexibility index (Phi) is 5.95. The molecule has 0 unspecified atom stereocenters. The van der Waals surface area contributed by atoms with Crippen LogP contribution in [0, 0.1) is 6.92 Å². The van der Waals surface area contributed by atoms with Gasteiger partial charge in [-0.3, -0.25) is 4.18 Å². The lowest BCUT2D eigenvalue weighted by atomic mass is 10.2. The van der Waals surface area contributed by atoms with Crippen LogP contribution in [0.3, 0.4) is 0 Å². The third-order valence-electron chi connectivity index (χ3n) is 2.89. The van der Waals surface area contributed by atoms with Gasteiger partial charge in [-0.05, 0) is 25.1 Å². The van der Waals surface area contributed by atoms with Gasteiger partial charge in [-0.2, -0.15) is 8.42 Å². The van der Waals surface area contributed by atoms with Gasteiger partial charge < -0.3 is 9.47 Å². The van der Waals surface area contributed by atoms with Gasteiger partial charge in [0.05, 0.1) is 11.5 Å². The summed E-state index contributed by atoms with van der Waals surface area (Å²) in [5.41, 5.74) is 1.47. The number of nitrogens with zero attached hydrogens (tertiary/aromatic N) is 1. The van der Waals surface area contributed by atoms with E-state index in [1.807, 2.05) is 6.92 Å². The van der Waals surface area contributed by atoms with Gasteiger partial charge in [0.1, 0.15) is 0 Å². The van der Waals surface area contributed by atoms with Crippen LogP contribution >= 0.6 is 11.6 Å². The molecule has 0 saturated heterocycles. The fourth-order valence-corrected chi connectivity index (χ4v) is 2.74.